The maximum absolute atomic E-state index is 11.3. The highest BCUT2D eigenvalue weighted by atomic mass is 127. The van der Waals surface area contributed by atoms with Crippen LogP contribution in [-0.4, -0.2) is 9.97 Å². The van der Waals surface area contributed by atoms with E-state index < -0.39 is 0 Å². The summed E-state index contributed by atoms with van der Waals surface area (Å²) in [6.45, 7) is 2.06. The number of rotatable bonds is 3. The molecule has 0 radical (unpaired) electrons. The van der Waals surface area contributed by atoms with Crippen LogP contribution in [-0.2, 0) is 0 Å². The van der Waals surface area contributed by atoms with Gasteiger partial charge in [0, 0.05) is 9.61 Å². The Kier molecular flexibility index (Phi) is 3.95. The fourth-order valence-corrected chi connectivity index (χ4v) is 3.15. The van der Waals surface area contributed by atoms with Crippen LogP contribution in [0.15, 0.2) is 41.2 Å². The zero-order valence-electron chi connectivity index (χ0n) is 11.2. The molecule has 108 valence electrons. The van der Waals surface area contributed by atoms with Gasteiger partial charge in [0.25, 0.3) is 0 Å². The van der Waals surface area contributed by atoms with Crippen molar-refractivity contribution < 1.29 is 0 Å². The Morgan fingerprint density at radius 2 is 1.90 bits per heavy atom. The second kappa shape index (κ2) is 5.73. The normalized spacial score (nSPS) is 12.5. The molecule has 0 spiro atoms. The van der Waals surface area contributed by atoms with Gasteiger partial charge in [-0.2, -0.15) is 0 Å². The zero-order valence-corrected chi connectivity index (χ0v) is 14.1. The van der Waals surface area contributed by atoms with Crippen molar-refractivity contribution in [2.45, 2.75) is 13.0 Å². The standard InChI is InChI=1S/C15H13ClIN3O/c1-8(18-12-5-3-10(17)7-11(12)16)9-2-4-13-14(6-9)20-15(21)19-13/h2-8,18H,1H3,(H2,19,20,21). The van der Waals surface area contributed by atoms with Gasteiger partial charge < -0.3 is 15.3 Å². The van der Waals surface area contributed by atoms with Crippen molar-refractivity contribution in [3.63, 3.8) is 0 Å². The summed E-state index contributed by atoms with van der Waals surface area (Å²) in [5.41, 5.74) is 3.39. The van der Waals surface area contributed by atoms with Crippen LogP contribution >= 0.6 is 34.2 Å². The second-order valence-electron chi connectivity index (χ2n) is 4.87. The van der Waals surface area contributed by atoms with Crippen molar-refractivity contribution in [1.29, 1.82) is 0 Å². The molecule has 0 fully saturated rings. The van der Waals surface area contributed by atoms with Gasteiger partial charge in [-0.15, -0.1) is 0 Å². The van der Waals surface area contributed by atoms with Crippen molar-refractivity contribution in [3.8, 4) is 0 Å². The summed E-state index contributed by atoms with van der Waals surface area (Å²) in [7, 11) is 0. The topological polar surface area (TPSA) is 60.7 Å². The van der Waals surface area contributed by atoms with Crippen molar-refractivity contribution in [2.75, 3.05) is 5.32 Å². The number of H-pyrrole nitrogens is 2. The number of hydrogen-bond donors (Lipinski definition) is 3. The van der Waals surface area contributed by atoms with Gasteiger partial charge in [-0.05, 0) is 65.4 Å². The van der Waals surface area contributed by atoms with Gasteiger partial charge >= 0.3 is 5.69 Å². The smallest absolute Gasteiger partial charge is 0.323 e. The van der Waals surface area contributed by atoms with Crippen LogP contribution in [0.5, 0.6) is 0 Å². The summed E-state index contributed by atoms with van der Waals surface area (Å²) in [5.74, 6) is 0. The van der Waals surface area contributed by atoms with E-state index in [4.69, 9.17) is 11.6 Å². The zero-order chi connectivity index (χ0) is 15.0. The molecule has 6 heteroatoms. The second-order valence-corrected chi connectivity index (χ2v) is 6.53. The molecule has 0 saturated carbocycles. The summed E-state index contributed by atoms with van der Waals surface area (Å²) < 4.78 is 1.10. The molecule has 1 aromatic heterocycles. The average molecular weight is 414 g/mol. The number of fused-ring (bicyclic) bond motifs is 1. The third-order valence-corrected chi connectivity index (χ3v) is 4.33. The van der Waals surface area contributed by atoms with Crippen LogP contribution in [0.3, 0.4) is 0 Å². The number of benzene rings is 2. The number of hydrogen-bond acceptors (Lipinski definition) is 2. The number of aromatic nitrogens is 2. The van der Waals surface area contributed by atoms with Crippen LogP contribution in [0, 0.1) is 3.57 Å². The van der Waals surface area contributed by atoms with E-state index in [1.165, 1.54) is 0 Å². The maximum atomic E-state index is 11.3. The Morgan fingerprint density at radius 3 is 2.67 bits per heavy atom. The van der Waals surface area contributed by atoms with Gasteiger partial charge in [-0.3, -0.25) is 0 Å². The number of aromatic amines is 2. The van der Waals surface area contributed by atoms with E-state index in [0.717, 1.165) is 25.9 Å². The molecule has 3 aromatic rings. The maximum Gasteiger partial charge on any atom is 0.323 e. The summed E-state index contributed by atoms with van der Waals surface area (Å²) >= 11 is 8.47. The molecule has 4 nitrogen and oxygen atoms in total. The van der Waals surface area contributed by atoms with Crippen molar-refractivity contribution in [2.24, 2.45) is 0 Å². The summed E-state index contributed by atoms with van der Waals surface area (Å²) in [4.78, 5) is 16.8. The molecule has 3 N–H and O–H groups in total. The molecule has 3 rings (SSSR count). The van der Waals surface area contributed by atoms with Crippen molar-refractivity contribution in [1.82, 2.24) is 9.97 Å². The first-order valence-corrected chi connectivity index (χ1v) is 7.92. The van der Waals surface area contributed by atoms with Gasteiger partial charge in [-0.25, -0.2) is 4.79 Å². The highest BCUT2D eigenvalue weighted by molar-refractivity contribution is 14.1. The van der Waals surface area contributed by atoms with E-state index in [2.05, 4.69) is 44.8 Å². The van der Waals surface area contributed by atoms with Crippen molar-refractivity contribution >= 4 is 50.9 Å². The highest BCUT2D eigenvalue weighted by Gasteiger charge is 2.09. The molecule has 1 unspecified atom stereocenters. The van der Waals surface area contributed by atoms with Crippen LogP contribution < -0.4 is 11.0 Å². The number of halogens is 2. The van der Waals surface area contributed by atoms with Crippen LogP contribution in [0.1, 0.15) is 18.5 Å². The summed E-state index contributed by atoms with van der Waals surface area (Å²) in [5, 5.41) is 4.09. The quantitative estimate of drug-likeness (QED) is 0.561. The largest absolute Gasteiger partial charge is 0.377 e. The molecule has 0 aliphatic heterocycles. The molecule has 0 aliphatic carbocycles. The Balaban J connectivity index is 1.89. The highest BCUT2D eigenvalue weighted by Crippen LogP contribution is 2.28. The molecule has 1 heterocycles. The molecular formula is C15H13ClIN3O. The molecule has 1 atom stereocenters. The van der Waals surface area contributed by atoms with Crippen LogP contribution in [0.2, 0.25) is 5.02 Å². The average Bonchev–Trinajstić information content (AvgIpc) is 2.80. The van der Waals surface area contributed by atoms with Gasteiger partial charge in [0.1, 0.15) is 0 Å². The Bertz CT molecular complexity index is 855. The molecule has 0 bridgehead atoms. The van der Waals surface area contributed by atoms with E-state index in [9.17, 15) is 4.79 Å². The first-order valence-electron chi connectivity index (χ1n) is 6.46. The minimum Gasteiger partial charge on any atom is -0.377 e. The Labute approximate surface area is 140 Å². The lowest BCUT2D eigenvalue weighted by atomic mass is 10.1. The molecule has 21 heavy (non-hydrogen) atoms. The van der Waals surface area contributed by atoms with E-state index in [0.29, 0.717) is 5.02 Å². The van der Waals surface area contributed by atoms with Gasteiger partial charge in [0.2, 0.25) is 0 Å². The fourth-order valence-electron chi connectivity index (χ4n) is 2.24. The lowest BCUT2D eigenvalue weighted by Crippen LogP contribution is -2.07. The first kappa shape index (κ1) is 14.5. The van der Waals surface area contributed by atoms with Crippen LogP contribution in [0.25, 0.3) is 11.0 Å². The fraction of sp³-hybridized carbons (Fsp3) is 0.133. The van der Waals surface area contributed by atoms with Gasteiger partial charge in [0.05, 0.1) is 21.7 Å². The monoisotopic (exact) mass is 413 g/mol. The molecular weight excluding hydrogens is 401 g/mol. The first-order chi connectivity index (χ1) is 10.0. The molecule has 0 saturated heterocycles. The van der Waals surface area contributed by atoms with Gasteiger partial charge in [-0.1, -0.05) is 17.7 Å². The van der Waals surface area contributed by atoms with Gasteiger partial charge in [0.15, 0.2) is 0 Å². The third kappa shape index (κ3) is 3.08. The van der Waals surface area contributed by atoms with E-state index in [-0.39, 0.29) is 11.7 Å². The van der Waals surface area contributed by atoms with E-state index >= 15 is 0 Å². The predicted octanol–water partition coefficient (Wildman–Crippen LogP) is 4.29. The lowest BCUT2D eigenvalue weighted by Gasteiger charge is -2.17. The molecule has 2 aromatic carbocycles. The van der Waals surface area contributed by atoms with Crippen LogP contribution in [0.4, 0.5) is 5.69 Å². The Morgan fingerprint density at radius 1 is 1.14 bits per heavy atom. The lowest BCUT2D eigenvalue weighted by molar-refractivity contribution is 0.886. The molecule has 0 aliphatic rings. The number of nitrogens with one attached hydrogen (secondary N) is 3. The minimum absolute atomic E-state index is 0.0744. The molecule has 0 amide bonds. The minimum atomic E-state index is -0.191. The Hall–Kier alpha value is -1.47. The number of anilines is 1. The van der Waals surface area contributed by atoms with E-state index in [1.807, 2.05) is 36.4 Å². The summed E-state index contributed by atoms with van der Waals surface area (Å²) in [6, 6.07) is 11.8. The SMILES string of the molecule is CC(Nc1ccc(I)cc1Cl)c1ccc2[nH]c(=O)[nH]c2c1. The number of imidazole rings is 1. The van der Waals surface area contributed by atoms with E-state index in [1.54, 1.807) is 0 Å². The summed E-state index contributed by atoms with van der Waals surface area (Å²) in [6.07, 6.45) is 0. The third-order valence-electron chi connectivity index (χ3n) is 3.34. The predicted molar refractivity (Wildman–Crippen MR) is 95.1 cm³/mol. The van der Waals surface area contributed by atoms with Crippen molar-refractivity contribution in [3.05, 3.63) is 61.0 Å².